The summed E-state index contributed by atoms with van der Waals surface area (Å²) >= 11 is 2.34. The Kier molecular flexibility index (Phi) is 4.93. The molecular formula is C11H14INO. The summed E-state index contributed by atoms with van der Waals surface area (Å²) in [7, 11) is 1.67. The molecule has 0 aliphatic carbocycles. The highest BCUT2D eigenvalue weighted by Crippen LogP contribution is 2.10. The lowest BCUT2D eigenvalue weighted by Crippen LogP contribution is -2.17. The van der Waals surface area contributed by atoms with E-state index in [1.54, 1.807) is 7.05 Å². The zero-order valence-corrected chi connectivity index (χ0v) is 10.4. The van der Waals surface area contributed by atoms with Gasteiger partial charge in [-0.05, 0) is 17.5 Å². The molecule has 14 heavy (non-hydrogen) atoms. The number of rotatable bonds is 4. The fourth-order valence-corrected chi connectivity index (χ4v) is 1.73. The van der Waals surface area contributed by atoms with Gasteiger partial charge in [0, 0.05) is 17.9 Å². The lowest BCUT2D eigenvalue weighted by molar-refractivity contribution is -0.120. The van der Waals surface area contributed by atoms with E-state index in [2.05, 4.69) is 46.1 Å². The molecule has 1 amide bonds. The van der Waals surface area contributed by atoms with E-state index in [9.17, 15) is 4.79 Å². The minimum Gasteiger partial charge on any atom is -0.359 e. The van der Waals surface area contributed by atoms with Crippen LogP contribution in [0.2, 0.25) is 0 Å². The fraction of sp³-hybridized carbons (Fsp3) is 0.364. The van der Waals surface area contributed by atoms with Gasteiger partial charge in [-0.3, -0.25) is 4.79 Å². The molecular weight excluding hydrogens is 289 g/mol. The van der Waals surface area contributed by atoms with Gasteiger partial charge < -0.3 is 5.32 Å². The van der Waals surface area contributed by atoms with Gasteiger partial charge in [0.2, 0.25) is 5.91 Å². The molecule has 0 unspecified atom stereocenters. The van der Waals surface area contributed by atoms with Crippen molar-refractivity contribution in [3.05, 3.63) is 35.4 Å². The number of hydrogen-bond acceptors (Lipinski definition) is 1. The Morgan fingerprint density at radius 3 is 2.79 bits per heavy atom. The Morgan fingerprint density at radius 1 is 1.43 bits per heavy atom. The van der Waals surface area contributed by atoms with Crippen LogP contribution in [0.25, 0.3) is 0 Å². The predicted octanol–water partition coefficient (Wildman–Crippen LogP) is 2.30. The van der Waals surface area contributed by atoms with Gasteiger partial charge >= 0.3 is 0 Å². The fourth-order valence-electron chi connectivity index (χ4n) is 1.25. The molecule has 0 atom stereocenters. The Balaban J connectivity index is 2.54. The molecule has 1 aromatic carbocycles. The van der Waals surface area contributed by atoms with Gasteiger partial charge in [0.05, 0.1) is 0 Å². The van der Waals surface area contributed by atoms with Crippen molar-refractivity contribution in [2.45, 2.75) is 17.3 Å². The molecule has 0 heterocycles. The van der Waals surface area contributed by atoms with Gasteiger partial charge in [0.1, 0.15) is 0 Å². The van der Waals surface area contributed by atoms with E-state index in [0.717, 1.165) is 10.8 Å². The molecule has 1 N–H and O–H groups in total. The zero-order chi connectivity index (χ0) is 10.4. The predicted molar refractivity (Wildman–Crippen MR) is 66.6 cm³/mol. The van der Waals surface area contributed by atoms with Gasteiger partial charge in [-0.2, -0.15) is 0 Å². The van der Waals surface area contributed by atoms with Crippen molar-refractivity contribution in [1.82, 2.24) is 5.32 Å². The first-order chi connectivity index (χ1) is 6.76. The molecule has 1 aromatic rings. The summed E-state index contributed by atoms with van der Waals surface area (Å²) < 4.78 is 1.02. The highest BCUT2D eigenvalue weighted by molar-refractivity contribution is 14.1. The Hall–Kier alpha value is -0.580. The first-order valence-corrected chi connectivity index (χ1v) is 6.13. The molecule has 0 aromatic heterocycles. The number of aryl methyl sites for hydroxylation is 1. The second-order valence-electron chi connectivity index (χ2n) is 3.13. The number of carbonyl (C=O) groups excluding carboxylic acids is 1. The van der Waals surface area contributed by atoms with E-state index in [1.165, 1.54) is 11.1 Å². The normalized spacial score (nSPS) is 9.86. The highest BCUT2D eigenvalue weighted by atomic mass is 127. The van der Waals surface area contributed by atoms with Crippen LogP contribution in [-0.4, -0.2) is 13.0 Å². The third kappa shape index (κ3) is 3.65. The van der Waals surface area contributed by atoms with Crippen LogP contribution in [-0.2, 0) is 15.6 Å². The van der Waals surface area contributed by atoms with Gasteiger partial charge in [0.15, 0.2) is 0 Å². The number of nitrogens with one attached hydrogen (secondary N) is 1. The molecule has 0 aliphatic rings. The van der Waals surface area contributed by atoms with Gasteiger partial charge in [-0.15, -0.1) is 0 Å². The van der Waals surface area contributed by atoms with Gasteiger partial charge in [0.25, 0.3) is 0 Å². The van der Waals surface area contributed by atoms with Crippen molar-refractivity contribution in [3.63, 3.8) is 0 Å². The van der Waals surface area contributed by atoms with Crippen LogP contribution in [0.15, 0.2) is 24.3 Å². The van der Waals surface area contributed by atoms with E-state index in [-0.39, 0.29) is 5.91 Å². The van der Waals surface area contributed by atoms with Crippen LogP contribution in [0.5, 0.6) is 0 Å². The zero-order valence-electron chi connectivity index (χ0n) is 8.22. The molecule has 0 bridgehead atoms. The molecule has 1 rings (SSSR count). The largest absolute Gasteiger partial charge is 0.359 e. The lowest BCUT2D eigenvalue weighted by atomic mass is 10.1. The molecule has 0 aliphatic heterocycles. The second kappa shape index (κ2) is 6.01. The first-order valence-electron chi connectivity index (χ1n) is 4.60. The van der Waals surface area contributed by atoms with Crippen LogP contribution in [0, 0.1) is 0 Å². The molecule has 2 nitrogen and oxygen atoms in total. The molecule has 0 saturated heterocycles. The van der Waals surface area contributed by atoms with E-state index >= 15 is 0 Å². The van der Waals surface area contributed by atoms with Gasteiger partial charge in [-0.25, -0.2) is 0 Å². The van der Waals surface area contributed by atoms with Crippen molar-refractivity contribution in [2.24, 2.45) is 0 Å². The second-order valence-corrected chi connectivity index (χ2v) is 3.89. The third-order valence-corrected chi connectivity index (χ3v) is 2.95. The number of hydrogen-bond donors (Lipinski definition) is 1. The van der Waals surface area contributed by atoms with Crippen molar-refractivity contribution in [2.75, 3.05) is 7.05 Å². The summed E-state index contributed by atoms with van der Waals surface area (Å²) in [5, 5.41) is 2.62. The topological polar surface area (TPSA) is 29.1 Å². The van der Waals surface area contributed by atoms with E-state index in [4.69, 9.17) is 0 Å². The molecule has 0 radical (unpaired) electrons. The Morgan fingerprint density at radius 2 is 2.14 bits per heavy atom. The average molecular weight is 303 g/mol. The van der Waals surface area contributed by atoms with Crippen LogP contribution in [0.4, 0.5) is 0 Å². The maximum absolute atomic E-state index is 11.0. The lowest BCUT2D eigenvalue weighted by Gasteiger charge is -2.02. The van der Waals surface area contributed by atoms with Crippen LogP contribution < -0.4 is 5.32 Å². The monoisotopic (exact) mass is 303 g/mol. The third-order valence-electron chi connectivity index (χ3n) is 2.07. The minimum atomic E-state index is 0.102. The Bertz CT molecular complexity index is 312. The van der Waals surface area contributed by atoms with Crippen molar-refractivity contribution in [1.29, 1.82) is 0 Å². The number of benzene rings is 1. The van der Waals surface area contributed by atoms with Crippen LogP contribution >= 0.6 is 22.6 Å². The number of alkyl halides is 1. The molecule has 76 valence electrons. The maximum Gasteiger partial charge on any atom is 0.220 e. The highest BCUT2D eigenvalue weighted by Gasteiger charge is 1.99. The molecule has 0 spiro atoms. The number of amides is 1. The minimum absolute atomic E-state index is 0.102. The quantitative estimate of drug-likeness (QED) is 0.671. The summed E-state index contributed by atoms with van der Waals surface area (Å²) in [4.78, 5) is 11.0. The molecule has 3 heteroatoms. The van der Waals surface area contributed by atoms with E-state index in [1.807, 2.05) is 6.07 Å². The van der Waals surface area contributed by atoms with Crippen LogP contribution in [0.1, 0.15) is 17.5 Å². The smallest absolute Gasteiger partial charge is 0.220 e. The average Bonchev–Trinajstić information content (AvgIpc) is 2.26. The SMILES string of the molecule is CNC(=O)CCc1cccc(CI)c1. The van der Waals surface area contributed by atoms with Crippen LogP contribution in [0.3, 0.4) is 0 Å². The van der Waals surface area contributed by atoms with E-state index < -0.39 is 0 Å². The van der Waals surface area contributed by atoms with Crippen molar-refractivity contribution in [3.8, 4) is 0 Å². The van der Waals surface area contributed by atoms with Crippen molar-refractivity contribution >= 4 is 28.5 Å². The summed E-state index contributed by atoms with van der Waals surface area (Å²) in [5.74, 6) is 0.102. The standard InChI is InChI=1S/C11H14INO/c1-13-11(14)6-5-9-3-2-4-10(7-9)8-12/h2-4,7H,5-6,8H2,1H3,(H,13,14). The summed E-state index contributed by atoms with van der Waals surface area (Å²) in [6.45, 7) is 0. The Labute approximate surface area is 98.2 Å². The van der Waals surface area contributed by atoms with Crippen molar-refractivity contribution < 1.29 is 4.79 Å². The summed E-state index contributed by atoms with van der Waals surface area (Å²) in [6, 6.07) is 8.39. The first kappa shape index (κ1) is 11.5. The van der Waals surface area contributed by atoms with Gasteiger partial charge in [-0.1, -0.05) is 46.9 Å². The molecule has 0 saturated carbocycles. The number of halogens is 1. The maximum atomic E-state index is 11.0. The summed E-state index contributed by atoms with van der Waals surface area (Å²) in [6.07, 6.45) is 1.39. The molecule has 0 fully saturated rings. The number of carbonyl (C=O) groups is 1. The van der Waals surface area contributed by atoms with E-state index in [0.29, 0.717) is 6.42 Å². The summed E-state index contributed by atoms with van der Waals surface area (Å²) in [5.41, 5.74) is 2.56.